The van der Waals surface area contributed by atoms with Crippen molar-refractivity contribution in [2.45, 2.75) is 25.7 Å². The highest BCUT2D eigenvalue weighted by Crippen LogP contribution is 2.01. The second kappa shape index (κ2) is 11.0. The summed E-state index contributed by atoms with van der Waals surface area (Å²) in [6.07, 6.45) is 9.19. The first kappa shape index (κ1) is 14.9. The van der Waals surface area contributed by atoms with E-state index in [1.807, 2.05) is 25.2 Å². The molecule has 0 bridgehead atoms. The molecular formula is C16H25NO. The maximum atomic E-state index is 5.56. The average molecular weight is 247 g/mol. The molecule has 0 aliphatic rings. The molecule has 0 radical (unpaired) electrons. The Labute approximate surface area is 111 Å². The van der Waals surface area contributed by atoms with Gasteiger partial charge in [-0.25, -0.2) is 0 Å². The van der Waals surface area contributed by atoms with Gasteiger partial charge in [-0.1, -0.05) is 55.3 Å². The van der Waals surface area contributed by atoms with Crippen molar-refractivity contribution in [3.05, 3.63) is 42.0 Å². The summed E-state index contributed by atoms with van der Waals surface area (Å²) >= 11 is 0. The predicted molar refractivity (Wildman–Crippen MR) is 78.7 cm³/mol. The van der Waals surface area contributed by atoms with E-state index in [4.69, 9.17) is 4.74 Å². The molecule has 0 spiro atoms. The fourth-order valence-corrected chi connectivity index (χ4v) is 1.76. The molecule has 0 aliphatic heterocycles. The van der Waals surface area contributed by atoms with Crippen LogP contribution < -0.4 is 5.32 Å². The molecule has 2 nitrogen and oxygen atoms in total. The van der Waals surface area contributed by atoms with Crippen LogP contribution in [0.15, 0.2) is 36.4 Å². The lowest BCUT2D eigenvalue weighted by molar-refractivity contribution is 0.157. The average Bonchev–Trinajstić information content (AvgIpc) is 2.42. The van der Waals surface area contributed by atoms with Crippen molar-refractivity contribution in [3.63, 3.8) is 0 Å². The van der Waals surface area contributed by atoms with E-state index in [0.717, 1.165) is 13.2 Å². The Morgan fingerprint density at radius 1 is 1.06 bits per heavy atom. The minimum atomic E-state index is 0.714. The Kier molecular flexibility index (Phi) is 9.13. The number of nitrogens with one attached hydrogen (secondary N) is 1. The highest BCUT2D eigenvalue weighted by Gasteiger charge is 1.89. The van der Waals surface area contributed by atoms with Gasteiger partial charge in [0.1, 0.15) is 0 Å². The molecule has 0 aromatic heterocycles. The fourth-order valence-electron chi connectivity index (χ4n) is 1.76. The molecule has 2 heteroatoms. The fraction of sp³-hybridized carbons (Fsp3) is 0.500. The van der Waals surface area contributed by atoms with Crippen molar-refractivity contribution in [3.8, 4) is 0 Å². The standard InChI is InChI=1S/C16H25NO/c1-17-13-7-2-3-8-14-18-15-9-12-16-10-5-4-6-11-16/h4-6,9-12,17H,2-3,7-8,13-15H2,1H3. The summed E-state index contributed by atoms with van der Waals surface area (Å²) < 4.78 is 5.56. The Hall–Kier alpha value is -1.12. The molecule has 0 saturated carbocycles. The molecule has 0 atom stereocenters. The predicted octanol–water partition coefficient (Wildman–Crippen LogP) is 3.50. The SMILES string of the molecule is CNCCCCCCOCC=Cc1ccccc1. The molecule has 0 amide bonds. The summed E-state index contributed by atoms with van der Waals surface area (Å²) in [4.78, 5) is 0. The highest BCUT2D eigenvalue weighted by molar-refractivity contribution is 5.48. The molecule has 1 rings (SSSR count). The zero-order valence-corrected chi connectivity index (χ0v) is 11.4. The van der Waals surface area contributed by atoms with E-state index in [2.05, 4.69) is 29.6 Å². The van der Waals surface area contributed by atoms with Crippen LogP contribution in [0.5, 0.6) is 0 Å². The molecule has 18 heavy (non-hydrogen) atoms. The molecular weight excluding hydrogens is 222 g/mol. The number of unbranched alkanes of at least 4 members (excludes halogenated alkanes) is 3. The molecule has 1 N–H and O–H groups in total. The number of ether oxygens (including phenoxy) is 1. The van der Waals surface area contributed by atoms with Gasteiger partial charge in [-0.05, 0) is 32.0 Å². The maximum absolute atomic E-state index is 5.56. The van der Waals surface area contributed by atoms with Crippen LogP contribution in [0, 0.1) is 0 Å². The Balaban J connectivity index is 1.91. The van der Waals surface area contributed by atoms with Crippen molar-refractivity contribution >= 4 is 6.08 Å². The lowest BCUT2D eigenvalue weighted by atomic mass is 10.2. The van der Waals surface area contributed by atoms with Crippen LogP contribution in [0.1, 0.15) is 31.2 Å². The van der Waals surface area contributed by atoms with Crippen LogP contribution in [-0.2, 0) is 4.74 Å². The second-order valence-corrected chi connectivity index (χ2v) is 4.41. The molecule has 0 heterocycles. The lowest BCUT2D eigenvalue weighted by Gasteiger charge is -2.02. The van der Waals surface area contributed by atoms with Crippen molar-refractivity contribution in [1.82, 2.24) is 5.32 Å². The molecule has 0 unspecified atom stereocenters. The zero-order valence-electron chi connectivity index (χ0n) is 11.4. The lowest BCUT2D eigenvalue weighted by Crippen LogP contribution is -2.07. The first-order valence-corrected chi connectivity index (χ1v) is 6.87. The van der Waals surface area contributed by atoms with Gasteiger partial charge >= 0.3 is 0 Å². The van der Waals surface area contributed by atoms with E-state index in [0.29, 0.717) is 6.61 Å². The third-order valence-corrected chi connectivity index (χ3v) is 2.79. The minimum Gasteiger partial charge on any atom is -0.377 e. The first-order valence-electron chi connectivity index (χ1n) is 6.87. The normalized spacial score (nSPS) is 11.2. The summed E-state index contributed by atoms with van der Waals surface area (Å²) in [6.45, 7) is 2.71. The van der Waals surface area contributed by atoms with Gasteiger partial charge in [-0.2, -0.15) is 0 Å². The van der Waals surface area contributed by atoms with E-state index >= 15 is 0 Å². The van der Waals surface area contributed by atoms with E-state index in [9.17, 15) is 0 Å². The van der Waals surface area contributed by atoms with Gasteiger partial charge in [0.25, 0.3) is 0 Å². The largest absolute Gasteiger partial charge is 0.377 e. The van der Waals surface area contributed by atoms with Gasteiger partial charge in [-0.3, -0.25) is 0 Å². The molecule has 1 aromatic rings. The smallest absolute Gasteiger partial charge is 0.0650 e. The van der Waals surface area contributed by atoms with Crippen LogP contribution in [0.25, 0.3) is 6.08 Å². The van der Waals surface area contributed by atoms with Crippen LogP contribution in [0.3, 0.4) is 0 Å². The van der Waals surface area contributed by atoms with Crippen LogP contribution in [-0.4, -0.2) is 26.8 Å². The summed E-state index contributed by atoms with van der Waals surface area (Å²) in [6, 6.07) is 10.3. The van der Waals surface area contributed by atoms with Gasteiger partial charge in [0.05, 0.1) is 6.61 Å². The Morgan fingerprint density at radius 2 is 1.83 bits per heavy atom. The van der Waals surface area contributed by atoms with E-state index in [1.165, 1.54) is 31.2 Å². The Bertz CT molecular complexity index is 308. The van der Waals surface area contributed by atoms with Gasteiger partial charge in [0.15, 0.2) is 0 Å². The summed E-state index contributed by atoms with van der Waals surface area (Å²) in [5.41, 5.74) is 1.23. The monoisotopic (exact) mass is 247 g/mol. The quantitative estimate of drug-likeness (QED) is 0.639. The molecule has 1 aromatic carbocycles. The van der Waals surface area contributed by atoms with Crippen LogP contribution in [0.4, 0.5) is 0 Å². The second-order valence-electron chi connectivity index (χ2n) is 4.41. The summed E-state index contributed by atoms with van der Waals surface area (Å²) in [7, 11) is 2.00. The molecule has 0 fully saturated rings. The third-order valence-electron chi connectivity index (χ3n) is 2.79. The third kappa shape index (κ3) is 8.04. The molecule has 0 aliphatic carbocycles. The number of benzene rings is 1. The van der Waals surface area contributed by atoms with Crippen molar-refractivity contribution in [1.29, 1.82) is 0 Å². The van der Waals surface area contributed by atoms with Crippen molar-refractivity contribution in [2.24, 2.45) is 0 Å². The first-order chi connectivity index (χ1) is 8.93. The molecule has 100 valence electrons. The molecule has 0 saturated heterocycles. The van der Waals surface area contributed by atoms with Gasteiger partial charge in [-0.15, -0.1) is 0 Å². The van der Waals surface area contributed by atoms with Crippen molar-refractivity contribution < 1.29 is 4.74 Å². The number of hydrogen-bond donors (Lipinski definition) is 1. The van der Waals surface area contributed by atoms with Gasteiger partial charge in [0, 0.05) is 6.61 Å². The van der Waals surface area contributed by atoms with E-state index < -0.39 is 0 Å². The Morgan fingerprint density at radius 3 is 2.61 bits per heavy atom. The van der Waals surface area contributed by atoms with Crippen LogP contribution in [0.2, 0.25) is 0 Å². The maximum Gasteiger partial charge on any atom is 0.0650 e. The summed E-state index contributed by atoms with van der Waals surface area (Å²) in [5, 5.41) is 3.16. The van der Waals surface area contributed by atoms with Crippen LogP contribution >= 0.6 is 0 Å². The number of hydrogen-bond acceptors (Lipinski definition) is 2. The van der Waals surface area contributed by atoms with E-state index in [-0.39, 0.29) is 0 Å². The minimum absolute atomic E-state index is 0.714. The van der Waals surface area contributed by atoms with Crippen molar-refractivity contribution in [2.75, 3.05) is 26.8 Å². The highest BCUT2D eigenvalue weighted by atomic mass is 16.5. The zero-order chi connectivity index (χ0) is 12.9. The topological polar surface area (TPSA) is 21.3 Å². The summed E-state index contributed by atoms with van der Waals surface area (Å²) in [5.74, 6) is 0. The number of rotatable bonds is 10. The van der Waals surface area contributed by atoms with E-state index in [1.54, 1.807) is 0 Å². The van der Waals surface area contributed by atoms with Gasteiger partial charge < -0.3 is 10.1 Å². The van der Waals surface area contributed by atoms with Gasteiger partial charge in [0.2, 0.25) is 0 Å².